The Labute approximate surface area is 357 Å². The Morgan fingerprint density at radius 3 is 2.18 bits per heavy atom. The first-order valence-electron chi connectivity index (χ1n) is 21.8. The van der Waals surface area contributed by atoms with Crippen molar-refractivity contribution < 1.29 is 0 Å². The molecule has 0 bridgehead atoms. The molecule has 300 valence electrons. The molecule has 3 atom stereocenters. The van der Waals surface area contributed by atoms with Crippen molar-refractivity contribution in [3.05, 3.63) is 210 Å². The smallest absolute Gasteiger partial charge is 0.126 e. The summed E-state index contributed by atoms with van der Waals surface area (Å²) < 4.78 is 2.41. The molecule has 0 spiro atoms. The predicted molar refractivity (Wildman–Crippen MR) is 264 cm³/mol. The number of para-hydroxylation sites is 2. The van der Waals surface area contributed by atoms with E-state index in [0.29, 0.717) is 0 Å². The first-order chi connectivity index (χ1) is 29.6. The molecule has 6 aromatic carbocycles. The highest BCUT2D eigenvalue weighted by molar-refractivity contribution is 7.95. The van der Waals surface area contributed by atoms with Gasteiger partial charge in [0.05, 0.1) is 11.0 Å². The molecule has 1 aliphatic carbocycles. The Balaban J connectivity index is 0.00000121. The Morgan fingerprint density at radius 2 is 1.40 bits per heavy atom. The van der Waals surface area contributed by atoms with Gasteiger partial charge in [0, 0.05) is 28.2 Å². The van der Waals surface area contributed by atoms with Crippen LogP contribution in [-0.2, 0) is 0 Å². The van der Waals surface area contributed by atoms with Crippen LogP contribution in [0, 0.1) is 0 Å². The van der Waals surface area contributed by atoms with Crippen LogP contribution in [0.4, 0.5) is 0 Å². The lowest BCUT2D eigenvalue weighted by Gasteiger charge is -2.40. The lowest BCUT2D eigenvalue weighted by molar-refractivity contribution is 0.481. The SMILES string of the molecule is C/C(=N\C(NC(C)c1ccccc1)c1ccc2c(c1)P1(c3cccc(-c4ccc5c6ccccc6n(-c6ccccc6)c5c4)c3)=C2C=CC=C1)C1=CC=CCC1.CC.CC. The van der Waals surface area contributed by atoms with Gasteiger partial charge in [0.15, 0.2) is 0 Å². The van der Waals surface area contributed by atoms with Crippen LogP contribution in [0.15, 0.2) is 198 Å². The van der Waals surface area contributed by atoms with E-state index in [-0.39, 0.29) is 12.2 Å². The second-order valence-electron chi connectivity index (χ2n) is 15.1. The number of hydrogen-bond acceptors (Lipinski definition) is 2. The van der Waals surface area contributed by atoms with Gasteiger partial charge in [0.25, 0.3) is 0 Å². The van der Waals surface area contributed by atoms with Crippen LogP contribution in [0.1, 0.15) is 83.3 Å². The molecule has 3 unspecified atom stereocenters. The number of allylic oxidation sites excluding steroid dienone is 7. The van der Waals surface area contributed by atoms with Gasteiger partial charge < -0.3 is 4.57 Å². The third-order valence-electron chi connectivity index (χ3n) is 11.8. The number of nitrogens with one attached hydrogen (secondary N) is 1. The number of fused-ring (bicyclic) bond motifs is 6. The highest BCUT2D eigenvalue weighted by Crippen LogP contribution is 2.58. The first kappa shape index (κ1) is 40.8. The molecule has 0 radical (unpaired) electrons. The highest BCUT2D eigenvalue weighted by atomic mass is 31.2. The third-order valence-corrected chi connectivity index (χ3v) is 15.8. The van der Waals surface area contributed by atoms with Gasteiger partial charge in [-0.3, -0.25) is 10.3 Å². The van der Waals surface area contributed by atoms with Crippen LogP contribution in [0.2, 0.25) is 0 Å². The Hall–Kier alpha value is -5.99. The van der Waals surface area contributed by atoms with E-state index in [2.05, 4.69) is 212 Å². The molecule has 0 saturated carbocycles. The largest absolute Gasteiger partial charge is 0.309 e. The van der Waals surface area contributed by atoms with E-state index >= 15 is 0 Å². The molecule has 1 aromatic heterocycles. The van der Waals surface area contributed by atoms with E-state index in [1.54, 1.807) is 0 Å². The Morgan fingerprint density at radius 1 is 0.667 bits per heavy atom. The van der Waals surface area contributed by atoms with Gasteiger partial charge in [0.1, 0.15) is 6.17 Å². The number of aromatic nitrogens is 1. The zero-order valence-corrected chi connectivity index (χ0v) is 36.7. The molecule has 10 rings (SSSR count). The minimum atomic E-state index is -1.96. The summed E-state index contributed by atoms with van der Waals surface area (Å²) in [6.07, 6.45) is 15.4. The van der Waals surface area contributed by atoms with Crippen molar-refractivity contribution in [1.82, 2.24) is 9.88 Å². The summed E-state index contributed by atoms with van der Waals surface area (Å²) in [7, 11) is 0. The van der Waals surface area contributed by atoms with Crippen molar-refractivity contribution in [2.75, 3.05) is 0 Å². The molecule has 3 aliphatic rings. The molecular formula is C56H56N3P. The fourth-order valence-corrected chi connectivity index (χ4v) is 12.9. The van der Waals surface area contributed by atoms with E-state index in [4.69, 9.17) is 4.99 Å². The Bertz CT molecular complexity index is 2870. The summed E-state index contributed by atoms with van der Waals surface area (Å²) >= 11 is 0. The van der Waals surface area contributed by atoms with Crippen LogP contribution in [-0.4, -0.2) is 15.6 Å². The number of rotatable bonds is 9. The molecule has 1 N–H and O–H groups in total. The topological polar surface area (TPSA) is 29.3 Å². The van der Waals surface area contributed by atoms with Crippen molar-refractivity contribution in [3.63, 3.8) is 0 Å². The molecule has 0 fully saturated rings. The highest BCUT2D eigenvalue weighted by Gasteiger charge is 2.38. The Kier molecular flexibility index (Phi) is 12.3. The van der Waals surface area contributed by atoms with Gasteiger partial charge in [-0.15, -0.1) is 0 Å². The van der Waals surface area contributed by atoms with Crippen LogP contribution >= 0.6 is 6.89 Å². The number of nitrogens with zero attached hydrogens (tertiary/aromatic N) is 2. The molecule has 4 heteroatoms. The summed E-state index contributed by atoms with van der Waals surface area (Å²) in [6, 6.07) is 53.8. The van der Waals surface area contributed by atoms with Gasteiger partial charge in [-0.05, 0) is 119 Å². The van der Waals surface area contributed by atoms with Gasteiger partial charge in [-0.25, -0.2) is 0 Å². The second-order valence-corrected chi connectivity index (χ2v) is 18.4. The van der Waals surface area contributed by atoms with E-state index in [1.807, 2.05) is 27.7 Å². The van der Waals surface area contributed by atoms with Gasteiger partial charge in [0.2, 0.25) is 0 Å². The zero-order valence-electron chi connectivity index (χ0n) is 35.8. The summed E-state index contributed by atoms with van der Waals surface area (Å²) in [5, 5.41) is 10.8. The molecule has 7 aromatic rings. The van der Waals surface area contributed by atoms with Crippen molar-refractivity contribution >= 4 is 50.3 Å². The predicted octanol–water partition coefficient (Wildman–Crippen LogP) is 14.2. The second kappa shape index (κ2) is 18.1. The fraction of sp³-hybridized carbons (Fsp3) is 0.179. The number of benzene rings is 6. The molecular weight excluding hydrogens is 746 g/mol. The fourth-order valence-electron chi connectivity index (χ4n) is 8.93. The van der Waals surface area contributed by atoms with Crippen molar-refractivity contribution in [2.45, 2.75) is 66.6 Å². The average Bonchev–Trinajstić information content (AvgIpc) is 3.66. The normalized spacial score (nSPS) is 17.3. The number of aliphatic imine (C=N–C) groups is 1. The van der Waals surface area contributed by atoms with Crippen molar-refractivity contribution in [1.29, 1.82) is 0 Å². The van der Waals surface area contributed by atoms with Crippen LogP contribution < -0.4 is 15.9 Å². The van der Waals surface area contributed by atoms with Crippen LogP contribution in [0.25, 0.3) is 38.6 Å². The standard InChI is InChI=1S/C52H44N3P.2C2H6/c1-36(38-17-6-3-7-18-38)53-52(54-37(2)39-19-8-4-9-20-39)42-29-31-47-50-27-14-15-32-56(50,51(47)35-42)44-24-16-21-40(33-44)41-28-30-46-45-25-12-13-26-48(45)55(49(46)34-41)43-22-10-5-11-23-43;2*1-2/h3-8,10-19,21-36,52-53H,9,20H2,1-2H3;2*1-2H3/b54-37+;;. The summed E-state index contributed by atoms with van der Waals surface area (Å²) in [5.41, 5.74) is 12.3. The molecule has 3 nitrogen and oxygen atoms in total. The van der Waals surface area contributed by atoms with Gasteiger partial charge >= 0.3 is 0 Å². The van der Waals surface area contributed by atoms with Crippen LogP contribution in [0.3, 0.4) is 0 Å². The third kappa shape index (κ3) is 7.42. The van der Waals surface area contributed by atoms with Gasteiger partial charge in [-0.2, -0.15) is 0 Å². The minimum Gasteiger partial charge on any atom is -0.309 e. The van der Waals surface area contributed by atoms with Gasteiger partial charge in [-0.1, -0.05) is 179 Å². The van der Waals surface area contributed by atoms with Crippen LogP contribution in [0.5, 0.6) is 0 Å². The molecule has 0 amide bonds. The molecule has 0 saturated heterocycles. The minimum absolute atomic E-state index is 0.127. The molecule has 3 heterocycles. The van der Waals surface area contributed by atoms with Crippen molar-refractivity contribution in [2.24, 2.45) is 4.99 Å². The lowest BCUT2D eigenvalue weighted by atomic mass is 10.0. The molecule has 60 heavy (non-hydrogen) atoms. The van der Waals surface area contributed by atoms with E-state index in [9.17, 15) is 0 Å². The number of hydrogen-bond donors (Lipinski definition) is 1. The maximum atomic E-state index is 5.43. The van der Waals surface area contributed by atoms with E-state index in [1.165, 1.54) is 76.8 Å². The molecule has 2 aliphatic heterocycles. The summed E-state index contributed by atoms with van der Waals surface area (Å²) in [6.45, 7) is 10.5. The zero-order chi connectivity index (χ0) is 41.6. The maximum Gasteiger partial charge on any atom is 0.126 e. The maximum absolute atomic E-state index is 5.43. The average molecular weight is 802 g/mol. The lowest BCUT2D eigenvalue weighted by Crippen LogP contribution is -2.36. The van der Waals surface area contributed by atoms with E-state index < -0.39 is 6.89 Å². The van der Waals surface area contributed by atoms with Crippen molar-refractivity contribution in [3.8, 4) is 16.8 Å². The van der Waals surface area contributed by atoms with E-state index in [0.717, 1.165) is 18.6 Å². The summed E-state index contributed by atoms with van der Waals surface area (Å²) in [4.78, 5) is 5.43. The first-order valence-corrected chi connectivity index (χ1v) is 23.6. The quantitative estimate of drug-likeness (QED) is 0.114. The monoisotopic (exact) mass is 801 g/mol. The summed E-state index contributed by atoms with van der Waals surface area (Å²) in [5.74, 6) is 2.51.